The minimum absolute atomic E-state index is 0.692. The molecule has 0 fully saturated rings. The van der Waals surface area contributed by atoms with Gasteiger partial charge in [-0.1, -0.05) is 18.2 Å². The molecular weight excluding hydrogens is 332 g/mol. The summed E-state index contributed by atoms with van der Waals surface area (Å²) in [5.41, 5.74) is 4.16. The summed E-state index contributed by atoms with van der Waals surface area (Å²) in [6, 6.07) is 10.9. The predicted octanol–water partition coefficient (Wildman–Crippen LogP) is 4.23. The first-order valence-corrected chi connectivity index (χ1v) is 8.61. The Morgan fingerprint density at radius 3 is 3.05 bits per heavy atom. The number of fused-ring (bicyclic) bond motifs is 1. The van der Waals surface area contributed by atoms with Crippen LogP contribution in [0.1, 0.15) is 11.1 Å². The molecule has 20 heavy (non-hydrogen) atoms. The van der Waals surface area contributed by atoms with Gasteiger partial charge in [0.25, 0.3) is 0 Å². The molecule has 0 spiro atoms. The Bertz CT molecular complexity index is 581. The number of para-hydroxylation sites is 1. The van der Waals surface area contributed by atoms with Crippen LogP contribution < -0.4 is 5.32 Å². The first-order valence-electron chi connectivity index (χ1n) is 6.94. The molecule has 2 nitrogen and oxygen atoms in total. The van der Waals surface area contributed by atoms with Crippen LogP contribution in [0, 0.1) is 5.92 Å². The molecule has 1 aromatic heterocycles. The van der Waals surface area contributed by atoms with Gasteiger partial charge in [0.15, 0.2) is 0 Å². The molecule has 1 atom stereocenters. The Hall–Kier alpha value is -0.840. The van der Waals surface area contributed by atoms with Crippen LogP contribution in [0.4, 0.5) is 5.69 Å². The summed E-state index contributed by atoms with van der Waals surface area (Å²) in [4.78, 5) is 2.43. The molecule has 0 saturated carbocycles. The standard InChI is InChI=1S/C16H19BrN2S/c1-19(10-13-7-16(17)20-11-13)9-12-6-14-4-2-3-5-15(14)18-8-12/h2-5,7,11-12,18H,6,8-10H2,1H3. The molecular formula is C16H19BrN2S. The minimum Gasteiger partial charge on any atom is -0.384 e. The van der Waals surface area contributed by atoms with E-state index in [1.54, 1.807) is 11.3 Å². The average Bonchev–Trinajstić information content (AvgIpc) is 2.83. The Labute approximate surface area is 132 Å². The van der Waals surface area contributed by atoms with E-state index in [1.165, 1.54) is 27.0 Å². The van der Waals surface area contributed by atoms with Crippen LogP contribution in [-0.4, -0.2) is 25.0 Å². The summed E-state index contributed by atoms with van der Waals surface area (Å²) >= 11 is 5.29. The maximum absolute atomic E-state index is 3.55. The van der Waals surface area contributed by atoms with Crippen LogP contribution in [0.15, 0.2) is 39.5 Å². The highest BCUT2D eigenvalue weighted by molar-refractivity contribution is 9.11. The summed E-state index contributed by atoms with van der Waals surface area (Å²) in [5, 5.41) is 5.79. The summed E-state index contributed by atoms with van der Waals surface area (Å²) < 4.78 is 1.22. The smallest absolute Gasteiger partial charge is 0.0701 e. The second-order valence-electron chi connectivity index (χ2n) is 5.56. The lowest BCUT2D eigenvalue weighted by molar-refractivity contribution is 0.271. The fraction of sp³-hybridized carbons (Fsp3) is 0.375. The minimum atomic E-state index is 0.692. The van der Waals surface area contributed by atoms with E-state index in [0.717, 1.165) is 19.6 Å². The number of nitrogens with zero attached hydrogens (tertiary/aromatic N) is 1. The second kappa shape index (κ2) is 6.29. The fourth-order valence-electron chi connectivity index (χ4n) is 2.88. The van der Waals surface area contributed by atoms with Crippen molar-refractivity contribution < 1.29 is 0 Å². The predicted molar refractivity (Wildman–Crippen MR) is 90.5 cm³/mol. The number of rotatable bonds is 4. The molecule has 1 aromatic carbocycles. The Kier molecular flexibility index (Phi) is 4.44. The zero-order chi connectivity index (χ0) is 13.9. The summed E-state index contributed by atoms with van der Waals surface area (Å²) in [5.74, 6) is 0.692. The molecule has 2 aromatic rings. The third-order valence-corrected chi connectivity index (χ3v) is 5.30. The van der Waals surface area contributed by atoms with Crippen molar-refractivity contribution in [2.75, 3.05) is 25.5 Å². The third kappa shape index (κ3) is 3.43. The molecule has 2 heterocycles. The highest BCUT2D eigenvalue weighted by Crippen LogP contribution is 2.25. The molecule has 0 radical (unpaired) electrons. The highest BCUT2D eigenvalue weighted by Gasteiger charge is 2.19. The zero-order valence-electron chi connectivity index (χ0n) is 11.6. The van der Waals surface area contributed by atoms with E-state index in [0.29, 0.717) is 5.92 Å². The van der Waals surface area contributed by atoms with Crippen molar-refractivity contribution in [3.05, 3.63) is 50.6 Å². The summed E-state index contributed by atoms with van der Waals surface area (Å²) in [6.07, 6.45) is 1.18. The number of hydrogen-bond donors (Lipinski definition) is 1. The van der Waals surface area contributed by atoms with Gasteiger partial charge < -0.3 is 10.2 Å². The molecule has 0 amide bonds. The molecule has 3 rings (SSSR count). The van der Waals surface area contributed by atoms with Crippen molar-refractivity contribution in [1.82, 2.24) is 4.90 Å². The monoisotopic (exact) mass is 350 g/mol. The molecule has 1 N–H and O–H groups in total. The average molecular weight is 351 g/mol. The first-order chi connectivity index (χ1) is 9.70. The molecule has 1 aliphatic rings. The third-order valence-electron chi connectivity index (χ3n) is 3.75. The largest absolute Gasteiger partial charge is 0.384 e. The highest BCUT2D eigenvalue weighted by atomic mass is 79.9. The molecule has 4 heteroatoms. The SMILES string of the molecule is CN(Cc1csc(Br)c1)CC1CNc2ccccc2C1. The van der Waals surface area contributed by atoms with Gasteiger partial charge >= 0.3 is 0 Å². The number of halogens is 1. The lowest BCUT2D eigenvalue weighted by atomic mass is 9.93. The van der Waals surface area contributed by atoms with E-state index < -0.39 is 0 Å². The maximum Gasteiger partial charge on any atom is 0.0701 e. The van der Waals surface area contributed by atoms with Crippen LogP contribution in [0.25, 0.3) is 0 Å². The van der Waals surface area contributed by atoms with E-state index in [4.69, 9.17) is 0 Å². The Balaban J connectivity index is 1.56. The molecule has 1 unspecified atom stereocenters. The van der Waals surface area contributed by atoms with Gasteiger partial charge in [-0.05, 0) is 64.0 Å². The van der Waals surface area contributed by atoms with Crippen LogP contribution in [0.3, 0.4) is 0 Å². The second-order valence-corrected chi connectivity index (χ2v) is 7.85. The van der Waals surface area contributed by atoms with Crippen LogP contribution in [0.2, 0.25) is 0 Å². The molecule has 106 valence electrons. The Morgan fingerprint density at radius 1 is 1.40 bits per heavy atom. The number of thiophene rings is 1. The van der Waals surface area contributed by atoms with Crippen LogP contribution in [-0.2, 0) is 13.0 Å². The lowest BCUT2D eigenvalue weighted by Crippen LogP contribution is -2.33. The first kappa shape index (κ1) is 14.1. The molecule has 0 aliphatic carbocycles. The van der Waals surface area contributed by atoms with Crippen molar-refractivity contribution >= 4 is 33.0 Å². The lowest BCUT2D eigenvalue weighted by Gasteiger charge is -2.29. The maximum atomic E-state index is 3.55. The van der Waals surface area contributed by atoms with E-state index in [1.807, 2.05) is 0 Å². The number of hydrogen-bond acceptors (Lipinski definition) is 3. The van der Waals surface area contributed by atoms with E-state index in [-0.39, 0.29) is 0 Å². The molecule has 0 saturated heterocycles. The van der Waals surface area contributed by atoms with Crippen LogP contribution in [0.5, 0.6) is 0 Å². The number of anilines is 1. The number of nitrogens with one attached hydrogen (secondary N) is 1. The van der Waals surface area contributed by atoms with E-state index in [9.17, 15) is 0 Å². The van der Waals surface area contributed by atoms with E-state index >= 15 is 0 Å². The van der Waals surface area contributed by atoms with Gasteiger partial charge in [-0.25, -0.2) is 0 Å². The van der Waals surface area contributed by atoms with Gasteiger partial charge in [0.1, 0.15) is 0 Å². The van der Waals surface area contributed by atoms with Crippen LogP contribution >= 0.6 is 27.3 Å². The van der Waals surface area contributed by atoms with Crippen molar-refractivity contribution in [3.8, 4) is 0 Å². The quantitative estimate of drug-likeness (QED) is 0.887. The van der Waals surface area contributed by atoms with Gasteiger partial charge in [-0.15, -0.1) is 11.3 Å². The normalized spacial score (nSPS) is 17.9. The van der Waals surface area contributed by atoms with Crippen molar-refractivity contribution in [3.63, 3.8) is 0 Å². The van der Waals surface area contributed by atoms with E-state index in [2.05, 4.69) is 68.9 Å². The van der Waals surface area contributed by atoms with Crippen molar-refractivity contribution in [2.45, 2.75) is 13.0 Å². The van der Waals surface area contributed by atoms with Gasteiger partial charge in [-0.3, -0.25) is 0 Å². The van der Waals surface area contributed by atoms with Gasteiger partial charge in [0, 0.05) is 25.3 Å². The van der Waals surface area contributed by atoms with Crippen molar-refractivity contribution in [1.29, 1.82) is 0 Å². The summed E-state index contributed by atoms with van der Waals surface area (Å²) in [6.45, 7) is 3.24. The topological polar surface area (TPSA) is 15.3 Å². The number of benzene rings is 1. The van der Waals surface area contributed by atoms with Crippen molar-refractivity contribution in [2.24, 2.45) is 5.92 Å². The van der Waals surface area contributed by atoms with Gasteiger partial charge in [0.05, 0.1) is 3.79 Å². The van der Waals surface area contributed by atoms with Gasteiger partial charge in [0.2, 0.25) is 0 Å². The summed E-state index contributed by atoms with van der Waals surface area (Å²) in [7, 11) is 2.21. The zero-order valence-corrected chi connectivity index (χ0v) is 14.0. The molecule has 0 bridgehead atoms. The van der Waals surface area contributed by atoms with Gasteiger partial charge in [-0.2, -0.15) is 0 Å². The molecule has 1 aliphatic heterocycles. The fourth-order valence-corrected chi connectivity index (χ4v) is 4.08. The Morgan fingerprint density at radius 2 is 2.25 bits per heavy atom.